The minimum absolute atomic E-state index is 0.231. The molecule has 49 heavy (non-hydrogen) atoms. The molecule has 6 rings (SSSR count). The van der Waals surface area contributed by atoms with Gasteiger partial charge in [-0.1, -0.05) is 94.9 Å². The third-order valence-electron chi connectivity index (χ3n) is 8.08. The van der Waals surface area contributed by atoms with Crippen molar-refractivity contribution in [2.75, 3.05) is 26.2 Å². The van der Waals surface area contributed by atoms with E-state index in [9.17, 15) is 4.79 Å². The van der Waals surface area contributed by atoms with Gasteiger partial charge in [0.2, 0.25) is 0 Å². The molecule has 2 fully saturated rings. The molecular weight excluding hydrogens is 702 g/mol. The number of nitrogens with one attached hydrogen (secondary N) is 1. The number of carbonyl (C=O) groups is 1. The molecule has 0 aromatic heterocycles. The predicted molar refractivity (Wildman–Crippen MR) is 200 cm³/mol. The van der Waals surface area contributed by atoms with E-state index in [2.05, 4.69) is 41.7 Å². The van der Waals surface area contributed by atoms with Crippen LogP contribution in [0.15, 0.2) is 84.9 Å². The lowest BCUT2D eigenvalue weighted by molar-refractivity contribution is -0.000885. The number of amides is 1. The van der Waals surface area contributed by atoms with Crippen LogP contribution in [0.5, 0.6) is 11.5 Å². The van der Waals surface area contributed by atoms with Crippen molar-refractivity contribution in [2.24, 2.45) is 11.8 Å². The normalized spacial score (nSPS) is 14.6. The highest BCUT2D eigenvalue weighted by Crippen LogP contribution is 2.30. The van der Waals surface area contributed by atoms with E-state index in [1.165, 1.54) is 11.1 Å². The van der Waals surface area contributed by atoms with Gasteiger partial charge in [0.15, 0.2) is 0 Å². The fourth-order valence-corrected chi connectivity index (χ4v) is 6.46. The molecule has 0 saturated carbocycles. The van der Waals surface area contributed by atoms with E-state index in [0.717, 1.165) is 56.1 Å². The number of carbonyl (C=O) groups excluding carboxylic acids is 1. The van der Waals surface area contributed by atoms with Crippen molar-refractivity contribution >= 4 is 52.5 Å². The summed E-state index contributed by atoms with van der Waals surface area (Å²) in [5.74, 6) is 2.50. The molecule has 260 valence electrons. The second-order valence-electron chi connectivity index (χ2n) is 13.6. The summed E-state index contributed by atoms with van der Waals surface area (Å²) in [6.07, 6.45) is 1.82. The van der Waals surface area contributed by atoms with Gasteiger partial charge in [0, 0.05) is 23.1 Å². The molecule has 0 radical (unpaired) electrons. The van der Waals surface area contributed by atoms with E-state index in [0.29, 0.717) is 50.7 Å². The van der Waals surface area contributed by atoms with Gasteiger partial charge in [-0.3, -0.25) is 0 Å². The van der Waals surface area contributed by atoms with Crippen LogP contribution in [0.25, 0.3) is 0 Å². The summed E-state index contributed by atoms with van der Waals surface area (Å²) in [5, 5.41) is 5.54. The molecule has 0 spiro atoms. The van der Waals surface area contributed by atoms with Gasteiger partial charge in [0.1, 0.15) is 30.3 Å². The molecule has 6 nitrogen and oxygen atoms in total. The Bertz CT molecular complexity index is 1720. The van der Waals surface area contributed by atoms with Crippen molar-refractivity contribution in [1.29, 1.82) is 0 Å². The van der Waals surface area contributed by atoms with Crippen LogP contribution in [0.3, 0.4) is 0 Å². The topological polar surface area (TPSA) is 60.0 Å². The first kappa shape index (κ1) is 37.1. The Kier molecular flexibility index (Phi) is 13.0. The first-order valence-electron chi connectivity index (χ1n) is 16.4. The number of hydrogen-bond donors (Lipinski definition) is 1. The first-order chi connectivity index (χ1) is 23.4. The quantitative estimate of drug-likeness (QED) is 0.175. The Labute approximate surface area is 309 Å². The summed E-state index contributed by atoms with van der Waals surface area (Å²) in [6, 6.07) is 27.3. The molecule has 0 bridgehead atoms. The van der Waals surface area contributed by atoms with E-state index >= 15 is 0 Å². The van der Waals surface area contributed by atoms with E-state index in [4.69, 9.17) is 60.6 Å². The van der Waals surface area contributed by atoms with Crippen LogP contribution in [0.2, 0.25) is 20.1 Å². The molecule has 4 aromatic carbocycles. The lowest BCUT2D eigenvalue weighted by atomic mass is 9.92. The van der Waals surface area contributed by atoms with Gasteiger partial charge in [-0.2, -0.15) is 0 Å². The maximum atomic E-state index is 12.0. The van der Waals surface area contributed by atoms with Crippen molar-refractivity contribution in [1.82, 2.24) is 10.2 Å². The Morgan fingerprint density at radius 3 is 1.59 bits per heavy atom. The van der Waals surface area contributed by atoms with Crippen LogP contribution in [0, 0.1) is 11.8 Å². The molecule has 1 amide bonds. The highest BCUT2D eigenvalue weighted by molar-refractivity contribution is 6.36. The van der Waals surface area contributed by atoms with E-state index in [-0.39, 0.29) is 6.09 Å². The maximum absolute atomic E-state index is 12.0. The molecule has 2 heterocycles. The molecular formula is C39H42Cl4N2O4. The van der Waals surface area contributed by atoms with Gasteiger partial charge in [-0.15, -0.1) is 0 Å². The summed E-state index contributed by atoms with van der Waals surface area (Å²) < 4.78 is 17.0. The molecule has 0 atom stereocenters. The number of nitrogens with zero attached hydrogens (tertiary/aromatic N) is 1. The van der Waals surface area contributed by atoms with Crippen LogP contribution in [0.1, 0.15) is 43.0 Å². The van der Waals surface area contributed by atoms with E-state index in [1.54, 1.807) is 41.3 Å². The van der Waals surface area contributed by atoms with E-state index in [1.807, 2.05) is 32.9 Å². The van der Waals surface area contributed by atoms with E-state index < -0.39 is 5.60 Å². The van der Waals surface area contributed by atoms with Crippen molar-refractivity contribution in [3.63, 3.8) is 0 Å². The van der Waals surface area contributed by atoms with Crippen molar-refractivity contribution in [2.45, 2.75) is 52.4 Å². The summed E-state index contributed by atoms with van der Waals surface area (Å²) in [6.45, 7) is 10.3. The number of benzene rings is 4. The monoisotopic (exact) mass is 742 g/mol. The minimum atomic E-state index is -0.455. The molecule has 2 aliphatic heterocycles. The van der Waals surface area contributed by atoms with Crippen molar-refractivity contribution in [3.05, 3.63) is 127 Å². The SMILES string of the molecule is CC(C)(C)OC(=O)N1CC(Cc2cccc(COc3ccc(Cl)cc3Cl)c2)C1.Clc1ccc(OCc2cccc(CC3CNC3)c2)c(Cl)c1. The molecule has 1 N–H and O–H groups in total. The van der Waals surface area contributed by atoms with Gasteiger partial charge < -0.3 is 24.4 Å². The summed E-state index contributed by atoms with van der Waals surface area (Å²) >= 11 is 24.0. The minimum Gasteiger partial charge on any atom is -0.487 e. The average molecular weight is 745 g/mol. The van der Waals surface area contributed by atoms with Gasteiger partial charge in [0.25, 0.3) is 0 Å². The van der Waals surface area contributed by atoms with Gasteiger partial charge >= 0.3 is 6.09 Å². The molecule has 2 saturated heterocycles. The smallest absolute Gasteiger partial charge is 0.410 e. The zero-order valence-electron chi connectivity index (χ0n) is 28.0. The third kappa shape index (κ3) is 11.7. The second-order valence-corrected chi connectivity index (χ2v) is 15.2. The highest BCUT2D eigenvalue weighted by Gasteiger charge is 2.33. The van der Waals surface area contributed by atoms with Gasteiger partial charge in [0.05, 0.1) is 10.0 Å². The number of rotatable bonds is 10. The Balaban J connectivity index is 0.000000199. The highest BCUT2D eigenvalue weighted by atomic mass is 35.5. The Morgan fingerprint density at radius 1 is 0.694 bits per heavy atom. The van der Waals surface area contributed by atoms with Crippen LogP contribution < -0.4 is 14.8 Å². The fourth-order valence-electron chi connectivity index (χ4n) is 5.53. The molecule has 0 aliphatic carbocycles. The number of hydrogen-bond acceptors (Lipinski definition) is 5. The van der Waals surface area contributed by atoms with Crippen molar-refractivity contribution in [3.8, 4) is 11.5 Å². The average Bonchev–Trinajstić information content (AvgIpc) is 3.00. The zero-order valence-corrected chi connectivity index (χ0v) is 31.0. The largest absolute Gasteiger partial charge is 0.487 e. The fraction of sp³-hybridized carbons (Fsp3) is 0.359. The Hall–Kier alpha value is -3.13. The van der Waals surface area contributed by atoms with Crippen molar-refractivity contribution < 1.29 is 19.0 Å². The Morgan fingerprint density at radius 2 is 1.16 bits per heavy atom. The summed E-state index contributed by atoms with van der Waals surface area (Å²) in [7, 11) is 0. The summed E-state index contributed by atoms with van der Waals surface area (Å²) in [5.41, 5.74) is 4.38. The van der Waals surface area contributed by atoms with Crippen LogP contribution in [0.4, 0.5) is 4.79 Å². The van der Waals surface area contributed by atoms with Crippen LogP contribution >= 0.6 is 46.4 Å². The standard InChI is InChI=1S/C22H25Cl2NO3.C17H17Cl2NO/c1-22(2,3)28-21(26)25-12-17(13-25)10-15-5-4-6-16(9-15)14-27-20-8-7-18(23)11-19(20)24;18-15-4-5-17(16(19)8-15)21-11-13-3-1-2-12(6-13)7-14-9-20-10-14/h4-9,11,17H,10,12-14H2,1-3H3;1-6,8,14,20H,7,9-11H2. The number of halogens is 4. The number of likely N-dealkylation sites (tertiary alicyclic amines) is 1. The third-order valence-corrected chi connectivity index (χ3v) is 9.14. The lowest BCUT2D eigenvalue weighted by Gasteiger charge is -2.40. The van der Waals surface area contributed by atoms with Gasteiger partial charge in [-0.05, 0) is 117 Å². The molecule has 10 heteroatoms. The zero-order chi connectivity index (χ0) is 35.0. The molecule has 0 unspecified atom stereocenters. The van der Waals surface area contributed by atoms with Crippen LogP contribution in [-0.2, 0) is 30.8 Å². The molecule has 2 aliphatic rings. The number of ether oxygens (including phenoxy) is 3. The predicted octanol–water partition coefficient (Wildman–Crippen LogP) is 10.3. The first-order valence-corrected chi connectivity index (χ1v) is 17.9. The maximum Gasteiger partial charge on any atom is 0.410 e. The molecule has 4 aromatic rings. The second kappa shape index (κ2) is 17.2. The lowest BCUT2D eigenvalue weighted by Crippen LogP contribution is -2.52. The van der Waals surface area contributed by atoms with Gasteiger partial charge in [-0.25, -0.2) is 4.79 Å². The van der Waals surface area contributed by atoms with Crippen LogP contribution in [-0.4, -0.2) is 42.8 Å². The summed E-state index contributed by atoms with van der Waals surface area (Å²) in [4.78, 5) is 13.8.